The van der Waals surface area contributed by atoms with E-state index in [1.54, 1.807) is 0 Å². The van der Waals surface area contributed by atoms with Gasteiger partial charge in [0.15, 0.2) is 0 Å². The van der Waals surface area contributed by atoms with Gasteiger partial charge in [0.05, 0.1) is 5.69 Å². The van der Waals surface area contributed by atoms with Crippen LogP contribution in [0.25, 0.3) is 0 Å². The van der Waals surface area contributed by atoms with Gasteiger partial charge in [0.1, 0.15) is 0 Å². The zero-order chi connectivity index (χ0) is 11.4. The van der Waals surface area contributed by atoms with E-state index in [-0.39, 0.29) is 0 Å². The number of aliphatic imine (C=N–C) groups is 1. The minimum absolute atomic E-state index is 0.710. The molecule has 0 fully saturated rings. The third-order valence-electron chi connectivity index (χ3n) is 2.30. The Morgan fingerprint density at radius 3 is 2.44 bits per heavy atom. The van der Waals surface area contributed by atoms with Crippen molar-refractivity contribution in [1.29, 1.82) is 0 Å². The van der Waals surface area contributed by atoms with Crippen molar-refractivity contribution >= 4 is 23.0 Å². The van der Waals surface area contributed by atoms with Crippen molar-refractivity contribution < 1.29 is 0 Å². The Labute approximate surface area is 100 Å². The Balaban J connectivity index is 2.32. The van der Waals surface area contributed by atoms with E-state index in [1.807, 2.05) is 61.5 Å². The second-order valence-electron chi connectivity index (χ2n) is 3.54. The highest BCUT2D eigenvalue weighted by Gasteiger charge is 1.96. The second-order valence-corrected chi connectivity index (χ2v) is 3.98. The van der Waals surface area contributed by atoms with E-state index >= 15 is 0 Å². The van der Waals surface area contributed by atoms with Crippen LogP contribution in [0.2, 0.25) is 5.02 Å². The molecule has 0 unspecified atom stereocenters. The maximum absolute atomic E-state index is 5.91. The van der Waals surface area contributed by atoms with Gasteiger partial charge in [-0.05, 0) is 30.7 Å². The van der Waals surface area contributed by atoms with Crippen molar-refractivity contribution in [1.82, 2.24) is 0 Å². The Morgan fingerprint density at radius 1 is 1.00 bits per heavy atom. The molecule has 0 spiro atoms. The van der Waals surface area contributed by atoms with Crippen molar-refractivity contribution in [2.45, 2.75) is 6.92 Å². The van der Waals surface area contributed by atoms with E-state index in [0.29, 0.717) is 5.02 Å². The van der Waals surface area contributed by atoms with Gasteiger partial charge >= 0.3 is 0 Å². The SMILES string of the molecule is CC(=Nc1cccc(Cl)c1)c1ccccc1. The van der Waals surface area contributed by atoms with Crippen LogP contribution in [0.1, 0.15) is 12.5 Å². The molecule has 0 radical (unpaired) electrons. The molecule has 0 heterocycles. The molecule has 0 saturated heterocycles. The molecule has 2 aromatic rings. The van der Waals surface area contributed by atoms with E-state index < -0.39 is 0 Å². The first kappa shape index (κ1) is 10.9. The summed E-state index contributed by atoms with van der Waals surface area (Å²) in [7, 11) is 0. The predicted molar refractivity (Wildman–Crippen MR) is 69.8 cm³/mol. The second kappa shape index (κ2) is 4.95. The third kappa shape index (κ3) is 2.71. The zero-order valence-electron chi connectivity index (χ0n) is 9.02. The fraction of sp³-hybridized carbons (Fsp3) is 0.0714. The minimum Gasteiger partial charge on any atom is -0.253 e. The molecule has 0 aliphatic carbocycles. The molecule has 0 aliphatic heterocycles. The molecule has 0 amide bonds. The molecular weight excluding hydrogens is 218 g/mol. The molecule has 0 N–H and O–H groups in total. The van der Waals surface area contributed by atoms with E-state index in [4.69, 9.17) is 11.6 Å². The summed E-state index contributed by atoms with van der Waals surface area (Å²) in [4.78, 5) is 4.52. The first-order valence-electron chi connectivity index (χ1n) is 5.12. The van der Waals surface area contributed by atoms with E-state index in [9.17, 15) is 0 Å². The fourth-order valence-corrected chi connectivity index (χ4v) is 1.67. The summed E-state index contributed by atoms with van der Waals surface area (Å²) in [5.74, 6) is 0. The third-order valence-corrected chi connectivity index (χ3v) is 2.53. The topological polar surface area (TPSA) is 12.4 Å². The monoisotopic (exact) mass is 229 g/mol. The van der Waals surface area contributed by atoms with Crippen molar-refractivity contribution in [3.05, 3.63) is 65.2 Å². The molecular formula is C14H12ClN. The van der Waals surface area contributed by atoms with Crippen molar-refractivity contribution in [2.24, 2.45) is 4.99 Å². The Hall–Kier alpha value is -1.60. The number of nitrogens with zero attached hydrogens (tertiary/aromatic N) is 1. The molecule has 16 heavy (non-hydrogen) atoms. The summed E-state index contributed by atoms with van der Waals surface area (Å²) >= 11 is 5.91. The van der Waals surface area contributed by atoms with Gasteiger partial charge in [-0.1, -0.05) is 48.0 Å². The normalized spacial score (nSPS) is 11.5. The van der Waals surface area contributed by atoms with Gasteiger partial charge in [-0.25, -0.2) is 0 Å². The Bertz CT molecular complexity index is 503. The highest BCUT2D eigenvalue weighted by molar-refractivity contribution is 6.30. The molecule has 0 aliphatic rings. The standard InChI is InChI=1S/C14H12ClN/c1-11(12-6-3-2-4-7-12)16-14-9-5-8-13(15)10-14/h2-10H,1H3. The Morgan fingerprint density at radius 2 is 1.75 bits per heavy atom. The maximum atomic E-state index is 5.91. The van der Waals surface area contributed by atoms with E-state index in [1.165, 1.54) is 0 Å². The summed E-state index contributed by atoms with van der Waals surface area (Å²) < 4.78 is 0. The lowest BCUT2D eigenvalue weighted by Crippen LogP contribution is -1.92. The number of benzene rings is 2. The van der Waals surface area contributed by atoms with Gasteiger partial charge in [0, 0.05) is 10.7 Å². The van der Waals surface area contributed by atoms with Crippen LogP contribution in [-0.4, -0.2) is 5.71 Å². The summed E-state index contributed by atoms with van der Waals surface area (Å²) in [5.41, 5.74) is 3.00. The quantitative estimate of drug-likeness (QED) is 0.674. The lowest BCUT2D eigenvalue weighted by molar-refractivity contribution is 1.47. The summed E-state index contributed by atoms with van der Waals surface area (Å²) in [6, 6.07) is 17.6. The summed E-state index contributed by atoms with van der Waals surface area (Å²) in [5, 5.41) is 0.710. The van der Waals surface area contributed by atoms with Gasteiger partial charge in [-0.2, -0.15) is 0 Å². The van der Waals surface area contributed by atoms with E-state index in [0.717, 1.165) is 17.0 Å². The average molecular weight is 230 g/mol. The minimum atomic E-state index is 0.710. The van der Waals surface area contributed by atoms with Crippen LogP contribution in [-0.2, 0) is 0 Å². The van der Waals surface area contributed by atoms with Crippen LogP contribution < -0.4 is 0 Å². The highest BCUT2D eigenvalue weighted by Crippen LogP contribution is 2.19. The summed E-state index contributed by atoms with van der Waals surface area (Å²) in [6.07, 6.45) is 0. The fourth-order valence-electron chi connectivity index (χ4n) is 1.48. The molecule has 2 heteroatoms. The van der Waals surface area contributed by atoms with Crippen LogP contribution in [0.5, 0.6) is 0 Å². The molecule has 80 valence electrons. The number of rotatable bonds is 2. The summed E-state index contributed by atoms with van der Waals surface area (Å²) in [6.45, 7) is 2.00. The van der Waals surface area contributed by atoms with Crippen molar-refractivity contribution in [3.63, 3.8) is 0 Å². The van der Waals surface area contributed by atoms with Crippen molar-refractivity contribution in [3.8, 4) is 0 Å². The molecule has 0 aromatic heterocycles. The lowest BCUT2D eigenvalue weighted by atomic mass is 10.1. The average Bonchev–Trinajstić information content (AvgIpc) is 2.30. The van der Waals surface area contributed by atoms with Gasteiger partial charge in [0.25, 0.3) is 0 Å². The molecule has 2 rings (SSSR count). The lowest BCUT2D eigenvalue weighted by Gasteiger charge is -2.01. The number of hydrogen-bond acceptors (Lipinski definition) is 1. The van der Waals surface area contributed by atoms with Gasteiger partial charge in [0.2, 0.25) is 0 Å². The van der Waals surface area contributed by atoms with Gasteiger partial charge < -0.3 is 0 Å². The zero-order valence-corrected chi connectivity index (χ0v) is 9.78. The first-order valence-corrected chi connectivity index (χ1v) is 5.50. The molecule has 1 nitrogen and oxygen atoms in total. The van der Waals surface area contributed by atoms with Crippen LogP contribution in [0.3, 0.4) is 0 Å². The molecule has 0 atom stereocenters. The van der Waals surface area contributed by atoms with Gasteiger partial charge in [-0.15, -0.1) is 0 Å². The number of halogens is 1. The molecule has 2 aromatic carbocycles. The maximum Gasteiger partial charge on any atom is 0.0647 e. The highest BCUT2D eigenvalue weighted by atomic mass is 35.5. The Kier molecular flexibility index (Phi) is 3.37. The van der Waals surface area contributed by atoms with Crippen molar-refractivity contribution in [2.75, 3.05) is 0 Å². The largest absolute Gasteiger partial charge is 0.253 e. The van der Waals surface area contributed by atoms with Crippen LogP contribution in [0.4, 0.5) is 5.69 Å². The van der Waals surface area contributed by atoms with Gasteiger partial charge in [-0.3, -0.25) is 4.99 Å². The molecule has 0 bridgehead atoms. The number of hydrogen-bond donors (Lipinski definition) is 0. The van der Waals surface area contributed by atoms with Crippen LogP contribution >= 0.6 is 11.6 Å². The van der Waals surface area contributed by atoms with Crippen LogP contribution in [0.15, 0.2) is 59.6 Å². The smallest absolute Gasteiger partial charge is 0.0647 e. The first-order chi connectivity index (χ1) is 7.75. The van der Waals surface area contributed by atoms with E-state index in [2.05, 4.69) is 4.99 Å². The van der Waals surface area contributed by atoms with Crippen LogP contribution in [0, 0.1) is 0 Å². The predicted octanol–water partition coefficient (Wildman–Crippen LogP) is 4.48. The molecule has 0 saturated carbocycles.